The molecular formula is C22H23N3O4S. The van der Waals surface area contributed by atoms with E-state index in [2.05, 4.69) is 16.6 Å². The highest BCUT2D eigenvalue weighted by Gasteiger charge is 2.27. The van der Waals surface area contributed by atoms with Crippen LogP contribution in [0.5, 0.6) is 11.5 Å². The Morgan fingerprint density at radius 1 is 1.17 bits per heavy atom. The molecule has 8 heteroatoms. The molecule has 0 unspecified atom stereocenters. The molecule has 0 radical (unpaired) electrons. The van der Waals surface area contributed by atoms with Crippen LogP contribution in [-0.2, 0) is 6.42 Å². The van der Waals surface area contributed by atoms with Gasteiger partial charge in [0.1, 0.15) is 0 Å². The standard InChI is InChI=1S/C22H23N3O4S/c1-13-20(23-24-22(27)30-13)15-6-8-17-14(11-15)5-4-10-25(17)21(26)16-7-9-18(28-2)19(12-16)29-3/h6-9,11-13H,4-5,10H2,1-3H3,(H,24,27)/t13-/m1/s1. The van der Waals surface area contributed by atoms with Crippen LogP contribution in [0.4, 0.5) is 10.5 Å². The number of hydrazone groups is 1. The predicted molar refractivity (Wildman–Crippen MR) is 118 cm³/mol. The van der Waals surface area contributed by atoms with Crippen LogP contribution in [-0.4, -0.2) is 42.9 Å². The normalized spacial score (nSPS) is 18.2. The molecule has 1 atom stereocenters. The highest BCUT2D eigenvalue weighted by molar-refractivity contribution is 8.14. The van der Waals surface area contributed by atoms with Crippen molar-refractivity contribution in [2.24, 2.45) is 5.10 Å². The van der Waals surface area contributed by atoms with Crippen molar-refractivity contribution in [2.75, 3.05) is 25.7 Å². The number of thioether (sulfide) groups is 1. The summed E-state index contributed by atoms with van der Waals surface area (Å²) in [6.45, 7) is 2.62. The molecule has 2 amide bonds. The van der Waals surface area contributed by atoms with Crippen LogP contribution in [0.3, 0.4) is 0 Å². The Morgan fingerprint density at radius 3 is 2.70 bits per heavy atom. The molecule has 0 saturated carbocycles. The summed E-state index contributed by atoms with van der Waals surface area (Å²) in [5.74, 6) is 1.04. The first-order chi connectivity index (χ1) is 14.5. The number of benzene rings is 2. The maximum absolute atomic E-state index is 13.3. The Hall–Kier alpha value is -3.00. The predicted octanol–water partition coefficient (Wildman–Crippen LogP) is 3.85. The van der Waals surface area contributed by atoms with Gasteiger partial charge in [-0.05, 0) is 61.2 Å². The van der Waals surface area contributed by atoms with Crippen molar-refractivity contribution in [1.82, 2.24) is 5.43 Å². The number of nitrogens with one attached hydrogen (secondary N) is 1. The lowest BCUT2D eigenvalue weighted by molar-refractivity contribution is 0.0984. The van der Waals surface area contributed by atoms with Crippen LogP contribution >= 0.6 is 11.8 Å². The van der Waals surface area contributed by atoms with E-state index < -0.39 is 0 Å². The van der Waals surface area contributed by atoms with Crippen molar-refractivity contribution in [3.05, 3.63) is 53.1 Å². The molecule has 2 aliphatic rings. The van der Waals surface area contributed by atoms with E-state index in [1.165, 1.54) is 11.8 Å². The van der Waals surface area contributed by atoms with E-state index in [0.29, 0.717) is 23.6 Å². The number of methoxy groups -OCH3 is 2. The lowest BCUT2D eigenvalue weighted by Crippen LogP contribution is -2.36. The van der Waals surface area contributed by atoms with Crippen LogP contribution in [0.1, 0.15) is 34.8 Å². The summed E-state index contributed by atoms with van der Waals surface area (Å²) in [7, 11) is 3.12. The molecule has 2 heterocycles. The number of carbonyl (C=O) groups excluding carboxylic acids is 2. The van der Waals surface area contributed by atoms with Crippen LogP contribution in [0.2, 0.25) is 0 Å². The van der Waals surface area contributed by atoms with Crippen molar-refractivity contribution in [1.29, 1.82) is 0 Å². The van der Waals surface area contributed by atoms with Crippen molar-refractivity contribution >= 4 is 34.3 Å². The van der Waals surface area contributed by atoms with Crippen LogP contribution in [0, 0.1) is 0 Å². The molecule has 2 aromatic carbocycles. The van der Waals surface area contributed by atoms with E-state index in [4.69, 9.17) is 9.47 Å². The van der Waals surface area contributed by atoms with Gasteiger partial charge in [0.2, 0.25) is 0 Å². The molecule has 0 aliphatic carbocycles. The molecular weight excluding hydrogens is 402 g/mol. The Balaban J connectivity index is 1.64. The summed E-state index contributed by atoms with van der Waals surface area (Å²) in [5, 5.41) is 4.07. The minimum Gasteiger partial charge on any atom is -0.493 e. The second-order valence-electron chi connectivity index (χ2n) is 7.13. The minimum absolute atomic E-state index is 0.0233. The molecule has 156 valence electrons. The van der Waals surface area contributed by atoms with E-state index in [9.17, 15) is 9.59 Å². The quantitative estimate of drug-likeness (QED) is 0.805. The second-order valence-corrected chi connectivity index (χ2v) is 8.44. The van der Waals surface area contributed by atoms with Gasteiger partial charge in [0, 0.05) is 17.8 Å². The fourth-order valence-corrected chi connectivity index (χ4v) is 4.55. The Bertz CT molecular complexity index is 1040. The number of aryl methyl sites for hydroxylation is 1. The van der Waals surface area contributed by atoms with Crippen LogP contribution < -0.4 is 19.8 Å². The largest absolute Gasteiger partial charge is 0.493 e. The topological polar surface area (TPSA) is 80.2 Å². The van der Waals surface area contributed by atoms with Gasteiger partial charge < -0.3 is 14.4 Å². The Labute approximate surface area is 179 Å². The van der Waals surface area contributed by atoms with Gasteiger partial charge >= 0.3 is 0 Å². The average molecular weight is 426 g/mol. The number of rotatable bonds is 4. The van der Waals surface area contributed by atoms with Gasteiger partial charge in [0.25, 0.3) is 11.1 Å². The smallest absolute Gasteiger partial charge is 0.299 e. The first kappa shape index (κ1) is 20.3. The third kappa shape index (κ3) is 3.75. The van der Waals surface area contributed by atoms with Gasteiger partial charge in [-0.3, -0.25) is 9.59 Å². The molecule has 7 nitrogen and oxygen atoms in total. The van der Waals surface area contributed by atoms with Crippen LogP contribution in [0.15, 0.2) is 41.5 Å². The van der Waals surface area contributed by atoms with Crippen molar-refractivity contribution in [3.63, 3.8) is 0 Å². The maximum Gasteiger partial charge on any atom is 0.299 e. The van der Waals surface area contributed by atoms with Crippen LogP contribution in [0.25, 0.3) is 0 Å². The zero-order chi connectivity index (χ0) is 21.3. The van der Waals surface area contributed by atoms with Gasteiger partial charge in [0.15, 0.2) is 11.5 Å². The van der Waals surface area contributed by atoms with E-state index in [1.54, 1.807) is 32.4 Å². The molecule has 0 saturated heterocycles. The SMILES string of the molecule is COc1ccc(C(=O)N2CCCc3cc(C4=NNC(=O)S[C@@H]4C)ccc32)cc1OC. The van der Waals surface area contributed by atoms with Crippen molar-refractivity contribution in [2.45, 2.75) is 25.0 Å². The van der Waals surface area contributed by atoms with E-state index in [0.717, 1.165) is 35.4 Å². The lowest BCUT2D eigenvalue weighted by Gasteiger charge is -2.30. The second kappa shape index (κ2) is 8.39. The molecule has 0 bridgehead atoms. The summed E-state index contributed by atoms with van der Waals surface area (Å²) in [5.41, 5.74) is 6.90. The molecule has 0 spiro atoms. The van der Waals surface area contributed by atoms with Gasteiger partial charge in [-0.25, -0.2) is 5.43 Å². The fourth-order valence-electron chi connectivity index (χ4n) is 3.83. The zero-order valence-corrected chi connectivity index (χ0v) is 17.9. The number of ether oxygens (including phenoxy) is 2. The number of hydrogen-bond donors (Lipinski definition) is 1. The molecule has 4 rings (SSSR count). The number of hydrogen-bond acceptors (Lipinski definition) is 6. The first-order valence-electron chi connectivity index (χ1n) is 9.73. The fraction of sp³-hybridized carbons (Fsp3) is 0.318. The first-order valence-corrected chi connectivity index (χ1v) is 10.6. The number of nitrogens with zero attached hydrogens (tertiary/aromatic N) is 2. The minimum atomic E-state index is -0.143. The third-order valence-corrected chi connectivity index (χ3v) is 6.19. The van der Waals surface area contributed by atoms with E-state index in [1.807, 2.05) is 24.0 Å². The number of anilines is 1. The van der Waals surface area contributed by atoms with Gasteiger partial charge in [0.05, 0.1) is 25.2 Å². The number of fused-ring (bicyclic) bond motifs is 1. The van der Waals surface area contributed by atoms with E-state index >= 15 is 0 Å². The summed E-state index contributed by atoms with van der Waals surface area (Å²) < 4.78 is 10.6. The third-order valence-electron chi connectivity index (χ3n) is 5.31. The van der Waals surface area contributed by atoms with E-state index in [-0.39, 0.29) is 16.4 Å². The van der Waals surface area contributed by atoms with Gasteiger partial charge in [-0.1, -0.05) is 17.8 Å². The summed E-state index contributed by atoms with van der Waals surface area (Å²) >= 11 is 1.22. The highest BCUT2D eigenvalue weighted by atomic mass is 32.2. The maximum atomic E-state index is 13.3. The number of amides is 2. The summed E-state index contributed by atoms with van der Waals surface area (Å²) in [6, 6.07) is 11.2. The number of carbonyl (C=O) groups is 2. The molecule has 2 aliphatic heterocycles. The van der Waals surface area contributed by atoms with Gasteiger partial charge in [-0.15, -0.1) is 0 Å². The molecule has 1 N–H and O–H groups in total. The monoisotopic (exact) mass is 425 g/mol. The zero-order valence-electron chi connectivity index (χ0n) is 17.1. The molecule has 30 heavy (non-hydrogen) atoms. The lowest BCUT2D eigenvalue weighted by atomic mass is 9.96. The Kier molecular flexibility index (Phi) is 5.67. The molecule has 0 aromatic heterocycles. The highest BCUT2D eigenvalue weighted by Crippen LogP contribution is 2.33. The average Bonchev–Trinajstić information content (AvgIpc) is 2.77. The van der Waals surface area contributed by atoms with Crippen molar-refractivity contribution < 1.29 is 19.1 Å². The molecule has 2 aromatic rings. The summed E-state index contributed by atoms with van der Waals surface area (Å²) in [6.07, 6.45) is 1.77. The Morgan fingerprint density at radius 2 is 1.97 bits per heavy atom. The summed E-state index contributed by atoms with van der Waals surface area (Å²) in [4.78, 5) is 26.6. The van der Waals surface area contributed by atoms with Gasteiger partial charge in [-0.2, -0.15) is 5.10 Å². The molecule has 0 fully saturated rings. The van der Waals surface area contributed by atoms with Crippen molar-refractivity contribution in [3.8, 4) is 11.5 Å².